The molecular weight excluding hydrogens is 238 g/mol. The van der Waals surface area contributed by atoms with Gasteiger partial charge in [0.15, 0.2) is 0 Å². The first kappa shape index (κ1) is 13.1. The molecule has 0 spiro atoms. The summed E-state index contributed by atoms with van der Waals surface area (Å²) in [6.07, 6.45) is 0. The van der Waals surface area contributed by atoms with E-state index >= 15 is 0 Å². The molecule has 98 valence electrons. The molecule has 0 fully saturated rings. The fraction of sp³-hybridized carbons (Fsp3) is 0.188. The summed E-state index contributed by atoms with van der Waals surface area (Å²) in [6, 6.07) is 13.2. The highest BCUT2D eigenvalue weighted by molar-refractivity contribution is 5.95. The molecule has 2 N–H and O–H groups in total. The van der Waals surface area contributed by atoms with E-state index in [1.54, 1.807) is 18.2 Å². The molecule has 0 radical (unpaired) electrons. The molecule has 0 aliphatic carbocycles. The summed E-state index contributed by atoms with van der Waals surface area (Å²) in [7, 11) is 0. The second-order valence-corrected chi connectivity index (χ2v) is 4.58. The number of ether oxygens (including phenoxy) is 1. The number of benzene rings is 2. The van der Waals surface area contributed by atoms with Gasteiger partial charge in [-0.3, -0.25) is 4.79 Å². The number of carbonyl (C=O) groups is 1. The predicted octanol–water partition coefficient (Wildman–Crippen LogP) is 2.98. The lowest BCUT2D eigenvalue weighted by atomic mass is 10.1. The maximum Gasteiger partial charge on any atom is 0.252 e. The molecule has 19 heavy (non-hydrogen) atoms. The van der Waals surface area contributed by atoms with Gasteiger partial charge in [0, 0.05) is 0 Å². The zero-order valence-electron chi connectivity index (χ0n) is 11.1. The summed E-state index contributed by atoms with van der Waals surface area (Å²) >= 11 is 0. The van der Waals surface area contributed by atoms with Crippen molar-refractivity contribution in [3.05, 3.63) is 64.7 Å². The largest absolute Gasteiger partial charge is 0.488 e. The van der Waals surface area contributed by atoms with Gasteiger partial charge < -0.3 is 10.5 Å². The molecule has 0 saturated heterocycles. The summed E-state index contributed by atoms with van der Waals surface area (Å²) in [6.45, 7) is 4.51. The van der Waals surface area contributed by atoms with Gasteiger partial charge in [0.05, 0.1) is 5.56 Å². The van der Waals surface area contributed by atoms with Crippen molar-refractivity contribution in [2.45, 2.75) is 20.5 Å². The van der Waals surface area contributed by atoms with Gasteiger partial charge in [0.2, 0.25) is 0 Å². The first-order valence-corrected chi connectivity index (χ1v) is 6.15. The van der Waals surface area contributed by atoms with E-state index in [4.69, 9.17) is 10.5 Å². The number of para-hydroxylation sites is 1. The van der Waals surface area contributed by atoms with Crippen LogP contribution in [0.4, 0.5) is 0 Å². The van der Waals surface area contributed by atoms with E-state index in [0.717, 1.165) is 5.56 Å². The second kappa shape index (κ2) is 5.57. The molecule has 2 rings (SSSR count). The molecule has 0 bridgehead atoms. The van der Waals surface area contributed by atoms with Gasteiger partial charge in [0.1, 0.15) is 12.4 Å². The Labute approximate surface area is 113 Å². The highest BCUT2D eigenvalue weighted by atomic mass is 16.5. The van der Waals surface area contributed by atoms with Crippen LogP contribution in [0.2, 0.25) is 0 Å². The molecule has 3 nitrogen and oxygen atoms in total. The summed E-state index contributed by atoms with van der Waals surface area (Å²) in [5, 5.41) is 0. The molecule has 0 atom stereocenters. The van der Waals surface area contributed by atoms with E-state index in [1.807, 2.05) is 19.9 Å². The first-order chi connectivity index (χ1) is 9.08. The maximum absolute atomic E-state index is 11.3. The van der Waals surface area contributed by atoms with Crippen LogP contribution < -0.4 is 10.5 Å². The van der Waals surface area contributed by atoms with Crippen LogP contribution in [0.25, 0.3) is 0 Å². The zero-order valence-corrected chi connectivity index (χ0v) is 11.1. The fourth-order valence-corrected chi connectivity index (χ4v) is 1.91. The number of nitrogens with two attached hydrogens (primary N) is 1. The molecule has 0 unspecified atom stereocenters. The summed E-state index contributed by atoms with van der Waals surface area (Å²) < 4.78 is 5.72. The molecule has 2 aromatic carbocycles. The highest BCUT2D eigenvalue weighted by Gasteiger charge is 2.08. The van der Waals surface area contributed by atoms with E-state index in [9.17, 15) is 4.79 Å². The lowest BCUT2D eigenvalue weighted by Crippen LogP contribution is -2.13. The first-order valence-electron chi connectivity index (χ1n) is 6.15. The van der Waals surface area contributed by atoms with E-state index in [2.05, 4.69) is 18.2 Å². The molecule has 0 aliphatic rings. The quantitative estimate of drug-likeness (QED) is 0.913. The normalized spacial score (nSPS) is 10.2. The Morgan fingerprint density at radius 3 is 2.63 bits per heavy atom. The molecular formula is C16H17NO2. The smallest absolute Gasteiger partial charge is 0.252 e. The number of primary amides is 1. The van der Waals surface area contributed by atoms with Gasteiger partial charge in [-0.1, -0.05) is 35.9 Å². The average Bonchev–Trinajstić information content (AvgIpc) is 2.40. The Bertz CT molecular complexity index is 605. The fourth-order valence-electron chi connectivity index (χ4n) is 1.91. The van der Waals surface area contributed by atoms with Crippen molar-refractivity contribution in [2.75, 3.05) is 0 Å². The van der Waals surface area contributed by atoms with Crippen LogP contribution in [0.1, 0.15) is 27.0 Å². The third kappa shape index (κ3) is 3.13. The predicted molar refractivity (Wildman–Crippen MR) is 75.2 cm³/mol. The van der Waals surface area contributed by atoms with Crippen LogP contribution in [0, 0.1) is 13.8 Å². The Morgan fingerprint density at radius 2 is 1.89 bits per heavy atom. The third-order valence-electron chi connectivity index (χ3n) is 3.04. The Balaban J connectivity index is 2.19. The Kier molecular flexibility index (Phi) is 3.85. The van der Waals surface area contributed by atoms with Gasteiger partial charge in [-0.05, 0) is 37.1 Å². The van der Waals surface area contributed by atoms with Gasteiger partial charge >= 0.3 is 0 Å². The standard InChI is InChI=1S/C16H17NO2/c1-11-7-8-12(2)13(9-11)10-19-15-6-4-3-5-14(15)16(17)18/h3-9H,10H2,1-2H3,(H2,17,18). The van der Waals surface area contributed by atoms with Gasteiger partial charge in [-0.25, -0.2) is 0 Å². The lowest BCUT2D eigenvalue weighted by molar-refractivity contribution is 0.0996. The summed E-state index contributed by atoms with van der Waals surface area (Å²) in [5.41, 5.74) is 9.20. The molecule has 0 aromatic heterocycles. The number of hydrogen-bond donors (Lipinski definition) is 1. The highest BCUT2D eigenvalue weighted by Crippen LogP contribution is 2.20. The van der Waals surface area contributed by atoms with Crippen molar-refractivity contribution < 1.29 is 9.53 Å². The van der Waals surface area contributed by atoms with Crippen LogP contribution >= 0.6 is 0 Å². The SMILES string of the molecule is Cc1ccc(C)c(COc2ccccc2C(N)=O)c1. The molecule has 0 heterocycles. The van der Waals surface area contributed by atoms with Crippen molar-refractivity contribution in [2.24, 2.45) is 5.73 Å². The molecule has 1 amide bonds. The second-order valence-electron chi connectivity index (χ2n) is 4.58. The lowest BCUT2D eigenvalue weighted by Gasteiger charge is -2.11. The van der Waals surface area contributed by atoms with E-state index in [-0.39, 0.29) is 0 Å². The molecule has 3 heteroatoms. The Hall–Kier alpha value is -2.29. The van der Waals surface area contributed by atoms with Crippen molar-refractivity contribution >= 4 is 5.91 Å². The van der Waals surface area contributed by atoms with Crippen molar-refractivity contribution in [1.29, 1.82) is 0 Å². The minimum absolute atomic E-state index is 0.410. The van der Waals surface area contributed by atoms with E-state index < -0.39 is 5.91 Å². The maximum atomic E-state index is 11.3. The minimum Gasteiger partial charge on any atom is -0.488 e. The number of aryl methyl sites for hydroxylation is 2. The molecule has 2 aromatic rings. The topological polar surface area (TPSA) is 52.3 Å². The van der Waals surface area contributed by atoms with Gasteiger partial charge in [-0.2, -0.15) is 0 Å². The van der Waals surface area contributed by atoms with Crippen LogP contribution in [-0.4, -0.2) is 5.91 Å². The number of hydrogen-bond acceptors (Lipinski definition) is 2. The molecule has 0 aliphatic heterocycles. The van der Waals surface area contributed by atoms with Crippen molar-refractivity contribution in [3.8, 4) is 5.75 Å². The number of amides is 1. The number of carbonyl (C=O) groups excluding carboxylic acids is 1. The summed E-state index contributed by atoms with van der Waals surface area (Å²) in [5.74, 6) is 0.0486. The zero-order chi connectivity index (χ0) is 13.8. The van der Waals surface area contributed by atoms with E-state index in [1.165, 1.54) is 11.1 Å². The minimum atomic E-state index is -0.475. The Morgan fingerprint density at radius 1 is 1.16 bits per heavy atom. The van der Waals surface area contributed by atoms with Gasteiger partial charge in [0.25, 0.3) is 5.91 Å². The number of rotatable bonds is 4. The van der Waals surface area contributed by atoms with Crippen molar-refractivity contribution in [1.82, 2.24) is 0 Å². The average molecular weight is 255 g/mol. The van der Waals surface area contributed by atoms with Crippen LogP contribution in [-0.2, 0) is 6.61 Å². The van der Waals surface area contributed by atoms with Crippen molar-refractivity contribution in [3.63, 3.8) is 0 Å². The monoisotopic (exact) mass is 255 g/mol. The van der Waals surface area contributed by atoms with Crippen LogP contribution in [0.15, 0.2) is 42.5 Å². The van der Waals surface area contributed by atoms with Crippen LogP contribution in [0.5, 0.6) is 5.75 Å². The van der Waals surface area contributed by atoms with Crippen LogP contribution in [0.3, 0.4) is 0 Å². The summed E-state index contributed by atoms with van der Waals surface area (Å²) in [4.78, 5) is 11.3. The molecule has 0 saturated carbocycles. The van der Waals surface area contributed by atoms with E-state index in [0.29, 0.717) is 17.9 Å². The van der Waals surface area contributed by atoms with Gasteiger partial charge in [-0.15, -0.1) is 0 Å². The third-order valence-corrected chi connectivity index (χ3v) is 3.04.